The largest absolute Gasteiger partial charge is 0.472 e. The highest BCUT2D eigenvalue weighted by molar-refractivity contribution is 7.47. The fourth-order valence-corrected chi connectivity index (χ4v) is 4.46. The number of nitrogens with two attached hydrogens (primary N) is 1. The van der Waals surface area contributed by atoms with Gasteiger partial charge in [0.25, 0.3) is 0 Å². The Morgan fingerprint density at radius 3 is 1.97 bits per heavy atom. The first-order chi connectivity index (χ1) is 18.8. The third kappa shape index (κ3) is 26.5. The Morgan fingerprint density at radius 2 is 1.36 bits per heavy atom. The normalized spacial score (nSPS) is 14.1. The van der Waals surface area contributed by atoms with Crippen molar-refractivity contribution >= 4 is 19.8 Å². The number of ether oxygens (including phenoxy) is 2. The molecule has 1 unspecified atom stereocenters. The van der Waals surface area contributed by atoms with Crippen molar-refractivity contribution in [3.05, 3.63) is 24.3 Å². The van der Waals surface area contributed by atoms with Crippen LogP contribution in [-0.4, -0.2) is 49.3 Å². The molecule has 39 heavy (non-hydrogen) atoms. The molecule has 0 saturated heterocycles. The molecule has 0 aliphatic carbocycles. The smallest absolute Gasteiger partial charge is 0.462 e. The molecular formula is C29H54NO8P. The molecular weight excluding hydrogens is 521 g/mol. The number of esters is 2. The molecule has 0 heterocycles. The summed E-state index contributed by atoms with van der Waals surface area (Å²) in [6.45, 7) is 3.38. The van der Waals surface area contributed by atoms with E-state index in [-0.39, 0.29) is 32.6 Å². The lowest BCUT2D eigenvalue weighted by Crippen LogP contribution is -2.29. The number of carbonyl (C=O) groups is 2. The maximum atomic E-state index is 12.4. The van der Waals surface area contributed by atoms with Gasteiger partial charge in [-0.3, -0.25) is 18.6 Å². The molecule has 0 spiro atoms. The molecule has 9 nitrogen and oxygen atoms in total. The Morgan fingerprint density at radius 1 is 0.795 bits per heavy atom. The van der Waals surface area contributed by atoms with Crippen LogP contribution < -0.4 is 5.73 Å². The summed E-state index contributed by atoms with van der Waals surface area (Å²) in [5.74, 6) is -0.864. The molecule has 0 amide bonds. The lowest BCUT2D eigenvalue weighted by atomic mass is 10.1. The van der Waals surface area contributed by atoms with Gasteiger partial charge in [0.05, 0.1) is 13.2 Å². The number of hydrogen-bond acceptors (Lipinski definition) is 8. The lowest BCUT2D eigenvalue weighted by Gasteiger charge is -2.19. The fourth-order valence-electron chi connectivity index (χ4n) is 3.69. The minimum absolute atomic E-state index is 0.0509. The van der Waals surface area contributed by atoms with E-state index in [1.165, 1.54) is 6.42 Å². The van der Waals surface area contributed by atoms with Gasteiger partial charge >= 0.3 is 19.8 Å². The SMILES string of the molecule is C/C=C\CCCCCCCC(=O)OC[C@H](COP(=O)(O)OCCN)OC(=O)CCCCCCC/C=C\CCC. The maximum Gasteiger partial charge on any atom is 0.472 e. The zero-order chi connectivity index (χ0) is 29.0. The van der Waals surface area contributed by atoms with Crippen molar-refractivity contribution in [1.82, 2.24) is 0 Å². The van der Waals surface area contributed by atoms with Gasteiger partial charge in [-0.05, 0) is 51.9 Å². The fraction of sp³-hybridized carbons (Fsp3) is 0.793. The summed E-state index contributed by atoms with van der Waals surface area (Å²) in [6.07, 6.45) is 22.5. The highest BCUT2D eigenvalue weighted by Crippen LogP contribution is 2.43. The lowest BCUT2D eigenvalue weighted by molar-refractivity contribution is -0.161. The van der Waals surface area contributed by atoms with Crippen molar-refractivity contribution in [2.75, 3.05) is 26.4 Å². The van der Waals surface area contributed by atoms with E-state index in [2.05, 4.69) is 25.2 Å². The van der Waals surface area contributed by atoms with Gasteiger partial charge in [-0.1, -0.05) is 76.2 Å². The van der Waals surface area contributed by atoms with Gasteiger partial charge in [0, 0.05) is 19.4 Å². The summed E-state index contributed by atoms with van der Waals surface area (Å²) in [6, 6.07) is 0. The van der Waals surface area contributed by atoms with E-state index in [0.717, 1.165) is 77.0 Å². The van der Waals surface area contributed by atoms with Crippen LogP contribution in [0.15, 0.2) is 24.3 Å². The van der Waals surface area contributed by atoms with Crippen molar-refractivity contribution in [3.8, 4) is 0 Å². The molecule has 0 rings (SSSR count). The van der Waals surface area contributed by atoms with E-state index < -0.39 is 32.5 Å². The summed E-state index contributed by atoms with van der Waals surface area (Å²) in [4.78, 5) is 34.3. The van der Waals surface area contributed by atoms with Crippen LogP contribution in [0.5, 0.6) is 0 Å². The zero-order valence-electron chi connectivity index (χ0n) is 24.4. The Bertz CT molecular complexity index is 713. The standard InChI is InChI=1S/C29H54NO8P/c1-3-5-7-9-11-13-14-16-18-20-22-29(32)38-27(26-37-39(33,34)36-24-23-30)25-35-28(31)21-19-17-15-12-10-8-6-4-2/h4,6-7,9,27H,3,5,8,10-26,30H2,1-2H3,(H,33,34)/b6-4-,9-7-/t27-/m1/s1. The number of allylic oxidation sites excluding steroid dienone is 4. The van der Waals surface area contributed by atoms with E-state index in [4.69, 9.17) is 24.3 Å². The summed E-state index contributed by atoms with van der Waals surface area (Å²) >= 11 is 0. The molecule has 0 aromatic carbocycles. The minimum atomic E-state index is -4.36. The van der Waals surface area contributed by atoms with Gasteiger partial charge in [0.2, 0.25) is 0 Å². The third-order valence-corrected chi connectivity index (χ3v) is 6.87. The summed E-state index contributed by atoms with van der Waals surface area (Å²) in [5, 5.41) is 0. The topological polar surface area (TPSA) is 134 Å². The van der Waals surface area contributed by atoms with Crippen LogP contribution >= 0.6 is 7.82 Å². The summed E-state index contributed by atoms with van der Waals surface area (Å²) in [7, 11) is -4.36. The molecule has 0 aromatic heterocycles. The zero-order valence-corrected chi connectivity index (χ0v) is 25.3. The first kappa shape index (κ1) is 37.5. The van der Waals surface area contributed by atoms with Crippen LogP contribution in [0.1, 0.15) is 117 Å². The van der Waals surface area contributed by atoms with Gasteiger partial charge < -0.3 is 20.1 Å². The van der Waals surface area contributed by atoms with Crippen molar-refractivity contribution in [2.24, 2.45) is 5.73 Å². The van der Waals surface area contributed by atoms with Gasteiger partial charge in [0.15, 0.2) is 6.10 Å². The molecule has 3 N–H and O–H groups in total. The van der Waals surface area contributed by atoms with E-state index in [0.29, 0.717) is 6.42 Å². The van der Waals surface area contributed by atoms with E-state index in [9.17, 15) is 19.0 Å². The predicted octanol–water partition coefficient (Wildman–Crippen LogP) is 6.93. The molecule has 2 atom stereocenters. The molecule has 0 fully saturated rings. The molecule has 0 aliphatic heterocycles. The second kappa shape index (κ2) is 26.7. The third-order valence-electron chi connectivity index (χ3n) is 5.89. The average molecular weight is 576 g/mol. The first-order valence-electron chi connectivity index (χ1n) is 14.8. The van der Waals surface area contributed by atoms with Gasteiger partial charge in [-0.25, -0.2) is 4.57 Å². The molecule has 0 bridgehead atoms. The van der Waals surface area contributed by atoms with Crippen LogP contribution in [0.4, 0.5) is 0 Å². The van der Waals surface area contributed by atoms with Crippen molar-refractivity contribution < 1.29 is 37.6 Å². The summed E-state index contributed by atoms with van der Waals surface area (Å²) < 4.78 is 32.3. The summed E-state index contributed by atoms with van der Waals surface area (Å²) in [5.41, 5.74) is 5.29. The van der Waals surface area contributed by atoms with Crippen LogP contribution in [-0.2, 0) is 32.7 Å². The van der Waals surface area contributed by atoms with Crippen molar-refractivity contribution in [2.45, 2.75) is 123 Å². The number of unbranched alkanes of at least 4 members (excludes halogenated alkanes) is 11. The van der Waals surface area contributed by atoms with Gasteiger partial charge in [-0.2, -0.15) is 0 Å². The van der Waals surface area contributed by atoms with E-state index in [1.54, 1.807) is 0 Å². The van der Waals surface area contributed by atoms with Crippen LogP contribution in [0.25, 0.3) is 0 Å². The second-order valence-corrected chi connectivity index (χ2v) is 11.1. The Balaban J connectivity index is 4.38. The molecule has 10 heteroatoms. The van der Waals surface area contributed by atoms with Gasteiger partial charge in [-0.15, -0.1) is 0 Å². The highest BCUT2D eigenvalue weighted by atomic mass is 31.2. The first-order valence-corrected chi connectivity index (χ1v) is 16.3. The minimum Gasteiger partial charge on any atom is -0.462 e. The quantitative estimate of drug-likeness (QED) is 0.0463. The second-order valence-electron chi connectivity index (χ2n) is 9.62. The van der Waals surface area contributed by atoms with Crippen molar-refractivity contribution in [3.63, 3.8) is 0 Å². The average Bonchev–Trinajstić information content (AvgIpc) is 2.91. The monoisotopic (exact) mass is 575 g/mol. The number of phosphoric ester groups is 1. The molecule has 0 aliphatic rings. The molecule has 228 valence electrons. The molecule has 0 saturated carbocycles. The van der Waals surface area contributed by atoms with Crippen LogP contribution in [0, 0.1) is 0 Å². The Labute approximate surface area is 236 Å². The Hall–Kier alpha value is -1.51. The van der Waals surface area contributed by atoms with Crippen LogP contribution in [0.2, 0.25) is 0 Å². The Kier molecular flexibility index (Phi) is 25.7. The molecule has 0 radical (unpaired) electrons. The van der Waals surface area contributed by atoms with Gasteiger partial charge in [0.1, 0.15) is 6.61 Å². The van der Waals surface area contributed by atoms with E-state index in [1.807, 2.05) is 13.0 Å². The number of hydrogen-bond donors (Lipinski definition) is 2. The van der Waals surface area contributed by atoms with Crippen LogP contribution in [0.3, 0.4) is 0 Å². The number of rotatable bonds is 27. The van der Waals surface area contributed by atoms with Crippen molar-refractivity contribution in [1.29, 1.82) is 0 Å². The number of phosphoric acid groups is 1. The van der Waals surface area contributed by atoms with E-state index >= 15 is 0 Å². The predicted molar refractivity (Wildman–Crippen MR) is 155 cm³/mol. The highest BCUT2D eigenvalue weighted by Gasteiger charge is 2.25. The number of carbonyl (C=O) groups excluding carboxylic acids is 2. The maximum absolute atomic E-state index is 12.4. The molecule has 0 aromatic rings.